The number of hydrogen-bond acceptors (Lipinski definition) is 3. The average Bonchev–Trinajstić information content (AvgIpc) is 2.44. The lowest BCUT2D eigenvalue weighted by molar-refractivity contribution is -0.144. The van der Waals surface area contributed by atoms with Crippen molar-refractivity contribution in [1.29, 1.82) is 0 Å². The van der Waals surface area contributed by atoms with E-state index in [4.69, 9.17) is 0 Å². The van der Waals surface area contributed by atoms with Gasteiger partial charge in [-0.25, -0.2) is 4.79 Å². The first kappa shape index (κ1) is 18.9. The van der Waals surface area contributed by atoms with E-state index in [2.05, 4.69) is 17.0 Å². The molecule has 1 unspecified atom stereocenters. The van der Waals surface area contributed by atoms with E-state index >= 15 is 0 Å². The molecular formula is C16H31NO3. The second kappa shape index (κ2) is 12.9. The number of carbonyl (C=O) groups is 2. The summed E-state index contributed by atoms with van der Waals surface area (Å²) in [7, 11) is 1.32. The van der Waals surface area contributed by atoms with Crippen molar-refractivity contribution in [2.75, 3.05) is 7.11 Å². The number of esters is 1. The van der Waals surface area contributed by atoms with Crippen LogP contribution in [0.4, 0.5) is 0 Å². The zero-order chi connectivity index (χ0) is 15.2. The molecule has 4 nitrogen and oxygen atoms in total. The summed E-state index contributed by atoms with van der Waals surface area (Å²) in [6.45, 7) is 3.87. The SMILES string of the molecule is CCCCCCCCCCCC(=O)NC(C)C(=O)OC. The van der Waals surface area contributed by atoms with Gasteiger partial charge in [-0.15, -0.1) is 0 Å². The quantitative estimate of drug-likeness (QED) is 0.440. The lowest BCUT2D eigenvalue weighted by Gasteiger charge is -2.11. The van der Waals surface area contributed by atoms with Gasteiger partial charge in [0.2, 0.25) is 5.91 Å². The molecule has 1 atom stereocenters. The highest BCUT2D eigenvalue weighted by atomic mass is 16.5. The third-order valence-electron chi connectivity index (χ3n) is 3.44. The fourth-order valence-corrected chi connectivity index (χ4v) is 2.15. The third kappa shape index (κ3) is 10.8. The number of rotatable bonds is 12. The Hall–Kier alpha value is -1.06. The molecule has 0 aliphatic carbocycles. The van der Waals surface area contributed by atoms with Crippen molar-refractivity contribution in [2.45, 2.75) is 84.1 Å². The highest BCUT2D eigenvalue weighted by molar-refractivity contribution is 5.83. The number of ether oxygens (including phenoxy) is 1. The van der Waals surface area contributed by atoms with Crippen LogP contribution in [0.5, 0.6) is 0 Å². The standard InChI is InChI=1S/C16H31NO3/c1-4-5-6-7-8-9-10-11-12-13-15(18)17-14(2)16(19)20-3/h14H,4-13H2,1-3H3,(H,17,18). The molecule has 0 fully saturated rings. The first-order chi connectivity index (χ1) is 9.61. The van der Waals surface area contributed by atoms with Gasteiger partial charge in [0.15, 0.2) is 0 Å². The Kier molecular flexibility index (Phi) is 12.3. The summed E-state index contributed by atoms with van der Waals surface area (Å²) in [5.74, 6) is -0.462. The van der Waals surface area contributed by atoms with Gasteiger partial charge in [-0.2, -0.15) is 0 Å². The van der Waals surface area contributed by atoms with Crippen molar-refractivity contribution in [1.82, 2.24) is 5.32 Å². The number of nitrogens with one attached hydrogen (secondary N) is 1. The fourth-order valence-electron chi connectivity index (χ4n) is 2.15. The zero-order valence-electron chi connectivity index (χ0n) is 13.4. The van der Waals surface area contributed by atoms with Gasteiger partial charge in [0, 0.05) is 6.42 Å². The summed E-state index contributed by atoms with van der Waals surface area (Å²) in [6.07, 6.45) is 11.6. The monoisotopic (exact) mass is 285 g/mol. The lowest BCUT2D eigenvalue weighted by Crippen LogP contribution is -2.38. The molecule has 118 valence electrons. The van der Waals surface area contributed by atoms with E-state index < -0.39 is 12.0 Å². The van der Waals surface area contributed by atoms with E-state index in [1.54, 1.807) is 6.92 Å². The number of amides is 1. The van der Waals surface area contributed by atoms with Gasteiger partial charge in [0.25, 0.3) is 0 Å². The van der Waals surface area contributed by atoms with Crippen LogP contribution < -0.4 is 5.32 Å². The van der Waals surface area contributed by atoms with Crippen molar-refractivity contribution in [2.24, 2.45) is 0 Å². The minimum Gasteiger partial charge on any atom is -0.467 e. The van der Waals surface area contributed by atoms with E-state index in [-0.39, 0.29) is 5.91 Å². The molecule has 1 amide bonds. The van der Waals surface area contributed by atoms with Crippen molar-refractivity contribution < 1.29 is 14.3 Å². The normalized spacial score (nSPS) is 11.9. The van der Waals surface area contributed by atoms with Crippen LogP contribution in [0, 0.1) is 0 Å². The third-order valence-corrected chi connectivity index (χ3v) is 3.44. The van der Waals surface area contributed by atoms with Gasteiger partial charge >= 0.3 is 5.97 Å². The molecule has 4 heteroatoms. The Labute approximate surface area is 123 Å². The van der Waals surface area contributed by atoms with E-state index in [1.807, 2.05) is 0 Å². The Morgan fingerprint density at radius 1 is 0.950 bits per heavy atom. The maximum Gasteiger partial charge on any atom is 0.328 e. The van der Waals surface area contributed by atoms with Crippen molar-refractivity contribution in [3.05, 3.63) is 0 Å². The summed E-state index contributed by atoms with van der Waals surface area (Å²) < 4.78 is 4.56. The van der Waals surface area contributed by atoms with Crippen LogP contribution in [0.25, 0.3) is 0 Å². The molecule has 0 saturated carbocycles. The molecule has 0 aliphatic rings. The van der Waals surface area contributed by atoms with Crippen LogP contribution in [0.3, 0.4) is 0 Å². The fraction of sp³-hybridized carbons (Fsp3) is 0.875. The zero-order valence-corrected chi connectivity index (χ0v) is 13.4. The van der Waals surface area contributed by atoms with E-state index in [0.29, 0.717) is 6.42 Å². The van der Waals surface area contributed by atoms with Crippen molar-refractivity contribution >= 4 is 11.9 Å². The first-order valence-corrected chi connectivity index (χ1v) is 7.99. The predicted octanol–water partition coefficient (Wildman–Crippen LogP) is 3.59. The molecule has 0 radical (unpaired) electrons. The summed E-state index contributed by atoms with van der Waals surface area (Å²) in [4.78, 5) is 22.7. The number of hydrogen-bond donors (Lipinski definition) is 1. The molecular weight excluding hydrogens is 254 g/mol. The molecule has 0 saturated heterocycles. The topological polar surface area (TPSA) is 55.4 Å². The Bertz CT molecular complexity index is 266. The number of methoxy groups -OCH3 is 1. The molecule has 0 aromatic carbocycles. The molecule has 0 aromatic rings. The minimum atomic E-state index is -0.550. The minimum absolute atomic E-state index is 0.0640. The Balaban J connectivity index is 3.37. The predicted molar refractivity (Wildman–Crippen MR) is 81.5 cm³/mol. The van der Waals surface area contributed by atoms with E-state index in [1.165, 1.54) is 52.1 Å². The van der Waals surface area contributed by atoms with Gasteiger partial charge in [-0.1, -0.05) is 58.3 Å². The van der Waals surface area contributed by atoms with E-state index in [9.17, 15) is 9.59 Å². The molecule has 0 aliphatic heterocycles. The maximum atomic E-state index is 11.6. The largest absolute Gasteiger partial charge is 0.467 e. The summed E-state index contributed by atoms with van der Waals surface area (Å²) in [5, 5.41) is 2.64. The van der Waals surface area contributed by atoms with Crippen LogP contribution in [0.1, 0.15) is 78.1 Å². The van der Waals surface area contributed by atoms with Gasteiger partial charge in [0.05, 0.1) is 7.11 Å². The van der Waals surface area contributed by atoms with Crippen LogP contribution >= 0.6 is 0 Å². The molecule has 0 aromatic heterocycles. The van der Waals surface area contributed by atoms with Gasteiger partial charge < -0.3 is 10.1 Å². The highest BCUT2D eigenvalue weighted by Crippen LogP contribution is 2.10. The average molecular weight is 285 g/mol. The summed E-state index contributed by atoms with van der Waals surface area (Å²) in [5.41, 5.74) is 0. The maximum absolute atomic E-state index is 11.6. The van der Waals surface area contributed by atoms with Gasteiger partial charge in [-0.05, 0) is 13.3 Å². The van der Waals surface area contributed by atoms with Gasteiger partial charge in [-0.3, -0.25) is 4.79 Å². The molecule has 0 rings (SSSR count). The number of carbonyl (C=O) groups excluding carboxylic acids is 2. The highest BCUT2D eigenvalue weighted by Gasteiger charge is 2.14. The van der Waals surface area contributed by atoms with Gasteiger partial charge in [0.1, 0.15) is 6.04 Å². The smallest absolute Gasteiger partial charge is 0.328 e. The molecule has 1 N–H and O–H groups in total. The summed E-state index contributed by atoms with van der Waals surface area (Å²) in [6, 6.07) is -0.550. The second-order valence-corrected chi connectivity index (χ2v) is 5.39. The lowest BCUT2D eigenvalue weighted by atomic mass is 10.1. The van der Waals surface area contributed by atoms with Crippen LogP contribution in [-0.4, -0.2) is 25.0 Å². The number of unbranched alkanes of at least 4 members (excludes halogenated alkanes) is 8. The van der Waals surface area contributed by atoms with Crippen molar-refractivity contribution in [3.63, 3.8) is 0 Å². The van der Waals surface area contributed by atoms with E-state index in [0.717, 1.165) is 12.8 Å². The van der Waals surface area contributed by atoms with Crippen LogP contribution in [0.2, 0.25) is 0 Å². The first-order valence-electron chi connectivity index (χ1n) is 7.99. The van der Waals surface area contributed by atoms with Crippen molar-refractivity contribution in [3.8, 4) is 0 Å². The Morgan fingerprint density at radius 2 is 1.45 bits per heavy atom. The summed E-state index contributed by atoms with van der Waals surface area (Å²) >= 11 is 0. The molecule has 0 spiro atoms. The van der Waals surface area contributed by atoms with Crippen LogP contribution in [-0.2, 0) is 14.3 Å². The molecule has 20 heavy (non-hydrogen) atoms. The molecule has 0 bridgehead atoms. The molecule has 0 heterocycles. The second-order valence-electron chi connectivity index (χ2n) is 5.39. The Morgan fingerprint density at radius 3 is 1.95 bits per heavy atom. The van der Waals surface area contributed by atoms with Crippen LogP contribution in [0.15, 0.2) is 0 Å².